The van der Waals surface area contributed by atoms with Crippen LogP contribution in [0.15, 0.2) is 60.7 Å². The Morgan fingerprint density at radius 3 is 2.58 bits per heavy atom. The summed E-state index contributed by atoms with van der Waals surface area (Å²) in [7, 11) is 3.86. The summed E-state index contributed by atoms with van der Waals surface area (Å²) in [5, 5.41) is 4.07. The van der Waals surface area contributed by atoms with Crippen LogP contribution < -0.4 is 10.2 Å². The number of benzene rings is 2. The van der Waals surface area contributed by atoms with Gasteiger partial charge in [-0.2, -0.15) is 0 Å². The van der Waals surface area contributed by atoms with Crippen molar-refractivity contribution in [3.8, 4) is 0 Å². The number of likely N-dealkylation sites (N-methyl/N-ethyl adjacent to an activating group) is 1. The fourth-order valence-corrected chi connectivity index (χ4v) is 4.12. The van der Waals surface area contributed by atoms with E-state index in [9.17, 15) is 9.59 Å². The van der Waals surface area contributed by atoms with Gasteiger partial charge in [0.2, 0.25) is 11.8 Å². The molecule has 0 bridgehead atoms. The topological polar surface area (TPSA) is 57.6 Å². The van der Waals surface area contributed by atoms with E-state index in [1.54, 1.807) is 13.0 Å². The number of anilines is 2. The van der Waals surface area contributed by atoms with E-state index in [1.165, 1.54) is 0 Å². The van der Waals surface area contributed by atoms with Crippen LogP contribution in [0, 0.1) is 0 Å². The normalized spacial score (nSPS) is 16.2. The zero-order chi connectivity index (χ0) is 22.0. The first kappa shape index (κ1) is 20.7. The third-order valence-corrected chi connectivity index (χ3v) is 6.10. The number of carbonyl (C=O) groups excluding carboxylic acids is 2. The molecule has 6 nitrogen and oxygen atoms in total. The molecule has 1 aliphatic heterocycles. The third-order valence-electron chi connectivity index (χ3n) is 6.10. The number of nitrogens with zero attached hydrogens (tertiary/aromatic N) is 3. The lowest BCUT2D eigenvalue weighted by Crippen LogP contribution is -2.37. The molecule has 0 aliphatic carbocycles. The number of fused-ring (bicyclic) bond motifs is 1. The molecule has 1 atom stereocenters. The second-order valence-corrected chi connectivity index (χ2v) is 8.07. The molecular weight excluding hydrogens is 388 g/mol. The van der Waals surface area contributed by atoms with Gasteiger partial charge in [-0.1, -0.05) is 18.2 Å². The molecule has 1 aromatic heterocycles. The van der Waals surface area contributed by atoms with Crippen molar-refractivity contribution in [2.45, 2.75) is 19.4 Å². The van der Waals surface area contributed by atoms with Crippen molar-refractivity contribution < 1.29 is 9.59 Å². The van der Waals surface area contributed by atoms with Gasteiger partial charge >= 0.3 is 0 Å². The van der Waals surface area contributed by atoms with Gasteiger partial charge in [0.25, 0.3) is 0 Å². The Kier molecular flexibility index (Phi) is 5.80. The van der Waals surface area contributed by atoms with E-state index in [0.717, 1.165) is 47.5 Å². The van der Waals surface area contributed by atoms with E-state index in [-0.39, 0.29) is 17.9 Å². The van der Waals surface area contributed by atoms with Crippen LogP contribution in [0.25, 0.3) is 17.0 Å². The van der Waals surface area contributed by atoms with Crippen LogP contribution in [-0.2, 0) is 16.6 Å². The summed E-state index contributed by atoms with van der Waals surface area (Å²) in [6, 6.07) is 18.3. The lowest BCUT2D eigenvalue weighted by Gasteiger charge is -2.24. The number of carbonyl (C=O) groups is 2. The molecule has 0 spiro atoms. The fraction of sp³-hybridized carbons (Fsp3) is 0.280. The first-order valence-electron chi connectivity index (χ1n) is 10.5. The van der Waals surface area contributed by atoms with Crippen molar-refractivity contribution in [3.05, 3.63) is 66.4 Å². The smallest absolute Gasteiger partial charge is 0.248 e. The van der Waals surface area contributed by atoms with Crippen molar-refractivity contribution >= 4 is 40.2 Å². The van der Waals surface area contributed by atoms with Crippen molar-refractivity contribution in [2.75, 3.05) is 30.4 Å². The van der Waals surface area contributed by atoms with Crippen LogP contribution in [0.1, 0.15) is 19.0 Å². The monoisotopic (exact) mass is 416 g/mol. The summed E-state index contributed by atoms with van der Waals surface area (Å²) in [6.45, 7) is 3.35. The standard InChI is InChI=1S/C25H28N4O2/c1-18(30)27(2)23-14-15-29(17-23)21-10-8-20(9-11-21)26-25(31)13-12-22-16-19-6-4-5-7-24(19)28(22)3/h4-13,16,23H,14-15,17H2,1-3H3,(H,26,31)/b13-12+. The highest BCUT2D eigenvalue weighted by Crippen LogP contribution is 2.24. The second-order valence-electron chi connectivity index (χ2n) is 8.07. The Labute approximate surface area is 182 Å². The SMILES string of the molecule is CC(=O)N(C)C1CCN(c2ccc(NC(=O)/C=C/c3cc4ccccc4n3C)cc2)C1. The molecule has 0 radical (unpaired) electrons. The Morgan fingerprint density at radius 1 is 1.13 bits per heavy atom. The van der Waals surface area contributed by atoms with Gasteiger partial charge in [0, 0.05) is 68.2 Å². The molecule has 2 aromatic carbocycles. The molecule has 4 rings (SSSR count). The highest BCUT2D eigenvalue weighted by Gasteiger charge is 2.27. The Hall–Kier alpha value is -3.54. The molecule has 6 heteroatoms. The minimum atomic E-state index is -0.165. The number of hydrogen-bond donors (Lipinski definition) is 1. The zero-order valence-electron chi connectivity index (χ0n) is 18.2. The number of rotatable bonds is 5. The molecule has 31 heavy (non-hydrogen) atoms. The van der Waals surface area contributed by atoms with Gasteiger partial charge in [0.15, 0.2) is 0 Å². The first-order valence-corrected chi connectivity index (χ1v) is 10.5. The Bertz CT molecular complexity index is 1130. The lowest BCUT2D eigenvalue weighted by molar-refractivity contribution is -0.129. The molecule has 160 valence electrons. The number of nitrogens with one attached hydrogen (secondary N) is 1. The molecule has 2 heterocycles. The van der Waals surface area contributed by atoms with Crippen molar-refractivity contribution in [1.82, 2.24) is 9.47 Å². The van der Waals surface area contributed by atoms with E-state index >= 15 is 0 Å². The van der Waals surface area contributed by atoms with Crippen LogP contribution in [0.5, 0.6) is 0 Å². The number of amides is 2. The predicted molar refractivity (Wildman–Crippen MR) is 126 cm³/mol. The molecule has 1 unspecified atom stereocenters. The van der Waals surface area contributed by atoms with Crippen LogP contribution in [0.3, 0.4) is 0 Å². The molecular formula is C25H28N4O2. The van der Waals surface area contributed by atoms with Gasteiger partial charge in [-0.25, -0.2) is 0 Å². The summed E-state index contributed by atoms with van der Waals surface area (Å²) in [6.07, 6.45) is 4.36. The van der Waals surface area contributed by atoms with Crippen LogP contribution in [0.4, 0.5) is 11.4 Å². The van der Waals surface area contributed by atoms with Crippen molar-refractivity contribution in [3.63, 3.8) is 0 Å². The van der Waals surface area contributed by atoms with E-state index in [0.29, 0.717) is 0 Å². The second kappa shape index (κ2) is 8.68. The largest absolute Gasteiger partial charge is 0.369 e. The lowest BCUT2D eigenvalue weighted by atomic mass is 10.2. The van der Waals surface area contributed by atoms with E-state index in [2.05, 4.69) is 33.0 Å². The molecule has 1 saturated heterocycles. The molecule has 1 N–H and O–H groups in total. The fourth-order valence-electron chi connectivity index (χ4n) is 4.12. The van der Waals surface area contributed by atoms with Gasteiger partial charge in [-0.15, -0.1) is 0 Å². The summed E-state index contributed by atoms with van der Waals surface area (Å²) in [5.74, 6) is -0.0660. The maximum atomic E-state index is 12.4. The van der Waals surface area contributed by atoms with E-state index < -0.39 is 0 Å². The maximum Gasteiger partial charge on any atom is 0.248 e. The minimum absolute atomic E-state index is 0.0985. The van der Waals surface area contributed by atoms with Gasteiger partial charge in [-0.05, 0) is 48.9 Å². The van der Waals surface area contributed by atoms with Gasteiger partial charge in [0.1, 0.15) is 0 Å². The van der Waals surface area contributed by atoms with E-state index in [4.69, 9.17) is 0 Å². The summed E-state index contributed by atoms with van der Waals surface area (Å²) >= 11 is 0. The third kappa shape index (κ3) is 4.48. The summed E-state index contributed by atoms with van der Waals surface area (Å²) in [4.78, 5) is 28.1. The number of para-hydroxylation sites is 1. The zero-order valence-corrected chi connectivity index (χ0v) is 18.2. The molecule has 1 aliphatic rings. The quantitative estimate of drug-likeness (QED) is 0.642. The minimum Gasteiger partial charge on any atom is -0.369 e. The van der Waals surface area contributed by atoms with Crippen molar-refractivity contribution in [1.29, 1.82) is 0 Å². The van der Waals surface area contributed by atoms with Crippen LogP contribution >= 0.6 is 0 Å². The molecule has 3 aromatic rings. The molecule has 1 fully saturated rings. The first-order chi connectivity index (χ1) is 14.9. The van der Waals surface area contributed by atoms with Crippen molar-refractivity contribution in [2.24, 2.45) is 7.05 Å². The van der Waals surface area contributed by atoms with Gasteiger partial charge in [-0.3, -0.25) is 9.59 Å². The predicted octanol–water partition coefficient (Wildman–Crippen LogP) is 3.89. The van der Waals surface area contributed by atoms with Crippen LogP contribution in [-0.4, -0.2) is 47.5 Å². The number of aromatic nitrogens is 1. The molecule has 0 saturated carbocycles. The number of hydrogen-bond acceptors (Lipinski definition) is 3. The maximum absolute atomic E-state index is 12.4. The number of aryl methyl sites for hydroxylation is 1. The van der Waals surface area contributed by atoms with Crippen LogP contribution in [0.2, 0.25) is 0 Å². The Morgan fingerprint density at radius 2 is 1.87 bits per heavy atom. The van der Waals surface area contributed by atoms with Gasteiger partial charge in [0.05, 0.1) is 6.04 Å². The average Bonchev–Trinajstić information content (AvgIpc) is 3.38. The summed E-state index contributed by atoms with van der Waals surface area (Å²) < 4.78 is 2.07. The highest BCUT2D eigenvalue weighted by molar-refractivity contribution is 6.02. The average molecular weight is 417 g/mol. The van der Waals surface area contributed by atoms with Gasteiger partial charge < -0.3 is 19.7 Å². The summed E-state index contributed by atoms with van der Waals surface area (Å²) in [5.41, 5.74) is 3.97. The Balaban J connectivity index is 1.36. The van der Waals surface area contributed by atoms with E-state index in [1.807, 2.05) is 61.5 Å². The highest BCUT2D eigenvalue weighted by atomic mass is 16.2. The molecule has 2 amide bonds.